The molecule has 4 rings (SSSR count). The first-order chi connectivity index (χ1) is 14.5. The quantitative estimate of drug-likeness (QED) is 0.515. The minimum absolute atomic E-state index is 0.161. The minimum Gasteiger partial charge on any atom is -0.490 e. The number of rotatable bonds is 7. The highest BCUT2D eigenvalue weighted by molar-refractivity contribution is 5.93. The summed E-state index contributed by atoms with van der Waals surface area (Å²) in [5.41, 5.74) is 2.16. The molecular weight excluding hydrogens is 389 g/mol. The first kappa shape index (κ1) is 20.1. The Morgan fingerprint density at radius 2 is 2.13 bits per heavy atom. The normalized spacial score (nSPS) is 14.1. The van der Waals surface area contributed by atoms with Crippen molar-refractivity contribution in [3.63, 3.8) is 0 Å². The number of likely N-dealkylation sites (tertiary alicyclic amines) is 1. The fourth-order valence-electron chi connectivity index (χ4n) is 3.48. The van der Waals surface area contributed by atoms with E-state index in [-0.39, 0.29) is 11.8 Å². The third kappa shape index (κ3) is 4.38. The molecule has 1 saturated heterocycles. The summed E-state index contributed by atoms with van der Waals surface area (Å²) in [6, 6.07) is 2.79. The van der Waals surface area contributed by atoms with Crippen LogP contribution in [0.2, 0.25) is 0 Å². The van der Waals surface area contributed by atoms with Gasteiger partial charge in [-0.15, -0.1) is 0 Å². The van der Waals surface area contributed by atoms with Crippen molar-refractivity contribution in [3.05, 3.63) is 24.1 Å². The second-order valence-corrected chi connectivity index (χ2v) is 7.67. The van der Waals surface area contributed by atoms with Gasteiger partial charge in [0.05, 0.1) is 29.5 Å². The second kappa shape index (κ2) is 8.70. The molecule has 0 radical (unpaired) electrons. The molecule has 1 aromatic carbocycles. The largest absolute Gasteiger partial charge is 0.490 e. The van der Waals surface area contributed by atoms with E-state index < -0.39 is 5.82 Å². The number of aromatic amines is 2. The lowest BCUT2D eigenvalue weighted by Crippen LogP contribution is -2.32. The van der Waals surface area contributed by atoms with Crippen molar-refractivity contribution in [2.45, 2.75) is 19.3 Å². The number of hydrogen-bond acceptors (Lipinski definition) is 5. The molecule has 0 spiro atoms. The molecule has 10 heteroatoms. The molecule has 0 atom stereocenters. The van der Waals surface area contributed by atoms with Gasteiger partial charge in [0.1, 0.15) is 5.69 Å². The summed E-state index contributed by atoms with van der Waals surface area (Å²) >= 11 is 0. The van der Waals surface area contributed by atoms with E-state index in [4.69, 9.17) is 4.74 Å². The first-order valence-electron chi connectivity index (χ1n) is 10.1. The smallest absolute Gasteiger partial charge is 0.321 e. The molecule has 0 saturated carbocycles. The molecule has 0 bridgehead atoms. The number of H-pyrrole nitrogens is 2. The van der Waals surface area contributed by atoms with Gasteiger partial charge in [-0.3, -0.25) is 5.10 Å². The molecule has 1 fully saturated rings. The summed E-state index contributed by atoms with van der Waals surface area (Å²) in [7, 11) is 3.96. The van der Waals surface area contributed by atoms with Crippen LogP contribution in [0.5, 0.6) is 5.75 Å². The first-order valence-corrected chi connectivity index (χ1v) is 10.1. The SMILES string of the molecule is CN(C)CCCOc1cc2nc(-c3[nH]ncc3NC(=O)N3CCCC3)[nH]c2cc1F. The molecular formula is C20H26FN7O2. The van der Waals surface area contributed by atoms with Crippen LogP contribution in [0.3, 0.4) is 0 Å². The van der Waals surface area contributed by atoms with Crippen LogP contribution in [-0.2, 0) is 0 Å². The van der Waals surface area contributed by atoms with Crippen LogP contribution in [0.1, 0.15) is 19.3 Å². The van der Waals surface area contributed by atoms with Crippen LogP contribution >= 0.6 is 0 Å². The van der Waals surface area contributed by atoms with E-state index >= 15 is 0 Å². The van der Waals surface area contributed by atoms with Gasteiger partial charge in [-0.25, -0.2) is 14.2 Å². The molecule has 2 aromatic heterocycles. The maximum absolute atomic E-state index is 14.4. The number of nitrogens with one attached hydrogen (secondary N) is 3. The van der Waals surface area contributed by atoms with Crippen molar-refractivity contribution >= 4 is 22.8 Å². The third-order valence-corrected chi connectivity index (χ3v) is 5.05. The van der Waals surface area contributed by atoms with Crippen molar-refractivity contribution in [2.75, 3.05) is 45.7 Å². The van der Waals surface area contributed by atoms with Crippen LogP contribution in [0, 0.1) is 5.82 Å². The number of fused-ring (bicyclic) bond motifs is 1. The number of aromatic nitrogens is 4. The predicted molar refractivity (Wildman–Crippen MR) is 112 cm³/mol. The van der Waals surface area contributed by atoms with E-state index in [0.717, 1.165) is 38.9 Å². The molecule has 9 nitrogen and oxygen atoms in total. The number of amides is 2. The van der Waals surface area contributed by atoms with Crippen LogP contribution in [-0.4, -0.2) is 76.3 Å². The molecule has 1 aliphatic rings. The van der Waals surface area contributed by atoms with Gasteiger partial charge in [-0.2, -0.15) is 5.10 Å². The van der Waals surface area contributed by atoms with Gasteiger partial charge >= 0.3 is 6.03 Å². The fourth-order valence-corrected chi connectivity index (χ4v) is 3.48. The average molecular weight is 415 g/mol. The van der Waals surface area contributed by atoms with Crippen molar-refractivity contribution in [1.82, 2.24) is 30.0 Å². The van der Waals surface area contributed by atoms with Crippen LogP contribution < -0.4 is 10.1 Å². The van der Waals surface area contributed by atoms with Gasteiger partial charge in [0.2, 0.25) is 0 Å². The van der Waals surface area contributed by atoms with E-state index in [0.29, 0.717) is 34.8 Å². The van der Waals surface area contributed by atoms with E-state index in [9.17, 15) is 9.18 Å². The Hall–Kier alpha value is -3.14. The van der Waals surface area contributed by atoms with Gasteiger partial charge in [-0.05, 0) is 33.4 Å². The van der Waals surface area contributed by atoms with Crippen molar-refractivity contribution in [1.29, 1.82) is 0 Å². The minimum atomic E-state index is -0.449. The number of halogens is 1. The number of anilines is 1. The van der Waals surface area contributed by atoms with Crippen LogP contribution in [0.4, 0.5) is 14.9 Å². The number of urea groups is 1. The Morgan fingerprint density at radius 1 is 1.33 bits per heavy atom. The van der Waals surface area contributed by atoms with Crippen molar-refractivity contribution < 1.29 is 13.9 Å². The molecule has 0 aliphatic carbocycles. The zero-order valence-electron chi connectivity index (χ0n) is 17.2. The Labute approximate surface area is 173 Å². The highest BCUT2D eigenvalue weighted by Crippen LogP contribution is 2.29. The zero-order chi connectivity index (χ0) is 21.1. The Bertz CT molecular complexity index is 1020. The summed E-state index contributed by atoms with van der Waals surface area (Å²) in [5.74, 6) is 0.185. The fraction of sp³-hybridized carbons (Fsp3) is 0.450. The highest BCUT2D eigenvalue weighted by Gasteiger charge is 2.21. The van der Waals surface area contributed by atoms with Gasteiger partial charge in [0.15, 0.2) is 17.4 Å². The van der Waals surface area contributed by atoms with Crippen LogP contribution in [0.25, 0.3) is 22.6 Å². The lowest BCUT2D eigenvalue weighted by molar-refractivity contribution is 0.222. The van der Waals surface area contributed by atoms with Crippen molar-refractivity contribution in [2.24, 2.45) is 0 Å². The zero-order valence-corrected chi connectivity index (χ0v) is 17.2. The van der Waals surface area contributed by atoms with Gasteiger partial charge in [-0.1, -0.05) is 0 Å². The average Bonchev–Trinajstić information content (AvgIpc) is 3.45. The number of benzene rings is 1. The molecule has 3 aromatic rings. The topological polar surface area (TPSA) is 102 Å². The Morgan fingerprint density at radius 3 is 2.90 bits per heavy atom. The number of hydrogen-bond donors (Lipinski definition) is 3. The summed E-state index contributed by atoms with van der Waals surface area (Å²) in [6.07, 6.45) is 4.36. The molecule has 0 unspecified atom stereocenters. The number of ether oxygens (including phenoxy) is 1. The van der Waals surface area contributed by atoms with Crippen LogP contribution in [0.15, 0.2) is 18.3 Å². The summed E-state index contributed by atoms with van der Waals surface area (Å²) in [6.45, 7) is 2.79. The summed E-state index contributed by atoms with van der Waals surface area (Å²) < 4.78 is 20.0. The monoisotopic (exact) mass is 415 g/mol. The molecule has 2 amide bonds. The molecule has 160 valence electrons. The number of nitrogens with zero attached hydrogens (tertiary/aromatic N) is 4. The molecule has 3 heterocycles. The molecule has 3 N–H and O–H groups in total. The Kier molecular flexibility index (Phi) is 5.84. The maximum atomic E-state index is 14.4. The molecule has 30 heavy (non-hydrogen) atoms. The number of carbonyl (C=O) groups excluding carboxylic acids is 1. The van der Waals surface area contributed by atoms with Crippen molar-refractivity contribution in [3.8, 4) is 17.3 Å². The van der Waals surface area contributed by atoms with E-state index in [1.165, 1.54) is 12.3 Å². The van der Waals surface area contributed by atoms with E-state index in [1.54, 1.807) is 11.0 Å². The third-order valence-electron chi connectivity index (χ3n) is 5.05. The number of carbonyl (C=O) groups is 1. The van der Waals surface area contributed by atoms with Gasteiger partial charge in [0.25, 0.3) is 0 Å². The standard InChI is InChI=1S/C20H26FN7O2/c1-27(2)6-5-9-30-17-11-15-14(10-13(17)21)23-19(24-15)18-16(12-22-26-18)25-20(29)28-7-3-4-8-28/h10-12H,3-9H2,1-2H3,(H,22,26)(H,23,24)(H,25,29). The van der Waals surface area contributed by atoms with Gasteiger partial charge in [0, 0.05) is 31.8 Å². The molecule has 1 aliphatic heterocycles. The maximum Gasteiger partial charge on any atom is 0.321 e. The lowest BCUT2D eigenvalue weighted by Gasteiger charge is -2.15. The predicted octanol–water partition coefficient (Wildman–Crippen LogP) is 3.05. The summed E-state index contributed by atoms with van der Waals surface area (Å²) in [4.78, 5) is 23.8. The summed E-state index contributed by atoms with van der Waals surface area (Å²) in [5, 5.41) is 9.75. The highest BCUT2D eigenvalue weighted by atomic mass is 19.1. The lowest BCUT2D eigenvalue weighted by atomic mass is 10.3. The van der Waals surface area contributed by atoms with Gasteiger partial charge < -0.3 is 24.8 Å². The second-order valence-electron chi connectivity index (χ2n) is 7.67. The number of imidazole rings is 1. The van der Waals surface area contributed by atoms with E-state index in [2.05, 4.69) is 25.5 Å². The van der Waals surface area contributed by atoms with E-state index in [1.807, 2.05) is 19.0 Å². The Balaban J connectivity index is 1.51.